The minimum atomic E-state index is -4.91. The Bertz CT molecular complexity index is 363. The molecule has 1 aromatic rings. The normalized spacial score (nSPS) is 12.9. The second-order valence-corrected chi connectivity index (χ2v) is 3.28. The Kier molecular flexibility index (Phi) is 3.65. The van der Waals surface area contributed by atoms with Crippen LogP contribution in [0, 0.1) is 0 Å². The molecule has 0 amide bonds. The molecule has 0 bridgehead atoms. The van der Waals surface area contributed by atoms with Gasteiger partial charge in [0.1, 0.15) is 11.4 Å². The summed E-state index contributed by atoms with van der Waals surface area (Å²) >= 11 is 0. The molecule has 17 heavy (non-hydrogen) atoms. The van der Waals surface area contributed by atoms with Crippen LogP contribution in [-0.4, -0.2) is 11.5 Å². The largest absolute Gasteiger partial charge is 0.433 e. The van der Waals surface area contributed by atoms with E-state index in [9.17, 15) is 26.3 Å². The molecule has 0 fully saturated rings. The Balaban J connectivity index is 3.29. The summed E-state index contributed by atoms with van der Waals surface area (Å²) in [6.45, 7) is -0.0430. The lowest BCUT2D eigenvalue weighted by Crippen LogP contribution is -2.16. The monoisotopic (exact) mass is 258 g/mol. The van der Waals surface area contributed by atoms with Crippen molar-refractivity contribution in [1.29, 1.82) is 0 Å². The zero-order valence-corrected chi connectivity index (χ0v) is 8.36. The molecule has 1 rings (SSSR count). The van der Waals surface area contributed by atoms with E-state index < -0.39 is 23.7 Å². The van der Waals surface area contributed by atoms with Gasteiger partial charge in [-0.05, 0) is 30.7 Å². The summed E-state index contributed by atoms with van der Waals surface area (Å²) in [4.78, 5) is 2.57. The smallest absolute Gasteiger partial charge is 0.330 e. The van der Waals surface area contributed by atoms with Gasteiger partial charge in [0.15, 0.2) is 0 Å². The summed E-state index contributed by atoms with van der Waals surface area (Å²) in [6, 6.07) is 1.14. The topological polar surface area (TPSA) is 38.9 Å². The third-order valence-electron chi connectivity index (χ3n) is 1.90. The minimum Gasteiger partial charge on any atom is -0.330 e. The maximum absolute atomic E-state index is 12.3. The van der Waals surface area contributed by atoms with Crippen LogP contribution in [0.4, 0.5) is 26.3 Å². The lowest BCUT2D eigenvalue weighted by atomic mass is 10.1. The van der Waals surface area contributed by atoms with E-state index in [2.05, 4.69) is 4.98 Å². The molecule has 96 valence electrons. The van der Waals surface area contributed by atoms with Gasteiger partial charge in [-0.1, -0.05) is 0 Å². The van der Waals surface area contributed by atoms with E-state index in [1.54, 1.807) is 0 Å². The van der Waals surface area contributed by atoms with Crippen LogP contribution in [0.5, 0.6) is 0 Å². The van der Waals surface area contributed by atoms with E-state index in [-0.39, 0.29) is 18.5 Å². The molecule has 8 heteroatoms. The fraction of sp³-hybridized carbons (Fsp3) is 0.444. The summed E-state index contributed by atoms with van der Waals surface area (Å²) in [6.07, 6.45) is -9.90. The molecule has 1 heterocycles. The fourth-order valence-electron chi connectivity index (χ4n) is 1.19. The standard InChI is InChI=1S/C9H8F6N2/c10-8(11,12)6-3-5(1-2-16)4-7(17-6)9(13,14)15/h3-4H,1-2,16H2. The molecule has 0 saturated carbocycles. The average molecular weight is 258 g/mol. The highest BCUT2D eigenvalue weighted by atomic mass is 19.4. The highest BCUT2D eigenvalue weighted by Gasteiger charge is 2.38. The van der Waals surface area contributed by atoms with Gasteiger partial charge >= 0.3 is 12.4 Å². The second-order valence-electron chi connectivity index (χ2n) is 3.28. The third kappa shape index (κ3) is 3.58. The van der Waals surface area contributed by atoms with Crippen molar-refractivity contribution in [2.45, 2.75) is 18.8 Å². The van der Waals surface area contributed by atoms with Crippen molar-refractivity contribution in [3.8, 4) is 0 Å². The summed E-state index contributed by atoms with van der Waals surface area (Å²) in [5.41, 5.74) is 1.84. The summed E-state index contributed by atoms with van der Waals surface area (Å²) < 4.78 is 73.9. The first kappa shape index (κ1) is 13.8. The third-order valence-corrected chi connectivity index (χ3v) is 1.90. The Morgan fingerprint density at radius 1 is 0.941 bits per heavy atom. The van der Waals surface area contributed by atoms with Gasteiger partial charge in [0, 0.05) is 0 Å². The Morgan fingerprint density at radius 2 is 1.35 bits per heavy atom. The molecule has 2 N–H and O–H groups in total. The van der Waals surface area contributed by atoms with Crippen LogP contribution >= 0.6 is 0 Å². The lowest BCUT2D eigenvalue weighted by Gasteiger charge is -2.12. The number of nitrogens with zero attached hydrogens (tertiary/aromatic N) is 1. The Labute approximate surface area is 92.4 Å². The molecule has 0 aliphatic rings. The van der Waals surface area contributed by atoms with Crippen LogP contribution < -0.4 is 5.73 Å². The molecule has 0 unspecified atom stereocenters. The maximum atomic E-state index is 12.3. The molecule has 0 aliphatic carbocycles. The zero-order valence-electron chi connectivity index (χ0n) is 8.36. The van der Waals surface area contributed by atoms with E-state index in [1.165, 1.54) is 0 Å². The Hall–Kier alpha value is -1.31. The predicted octanol–water partition coefficient (Wildman–Crippen LogP) is 2.62. The van der Waals surface area contributed by atoms with Crippen LogP contribution in [0.3, 0.4) is 0 Å². The van der Waals surface area contributed by atoms with Gasteiger partial charge in [-0.15, -0.1) is 0 Å². The number of aromatic nitrogens is 1. The van der Waals surface area contributed by atoms with Gasteiger partial charge in [0.05, 0.1) is 0 Å². The summed E-state index contributed by atoms with van der Waals surface area (Å²) in [5.74, 6) is 0. The van der Waals surface area contributed by atoms with Crippen LogP contribution in [0.2, 0.25) is 0 Å². The van der Waals surface area contributed by atoms with Crippen molar-refractivity contribution >= 4 is 0 Å². The van der Waals surface area contributed by atoms with E-state index in [4.69, 9.17) is 5.73 Å². The molecule has 1 aromatic heterocycles. The molecule has 0 aliphatic heterocycles. The molecule has 0 aromatic carbocycles. The van der Waals surface area contributed by atoms with E-state index in [0.717, 1.165) is 0 Å². The molecule has 0 radical (unpaired) electrons. The van der Waals surface area contributed by atoms with E-state index in [0.29, 0.717) is 12.1 Å². The molecule has 0 atom stereocenters. The van der Waals surface area contributed by atoms with Gasteiger partial charge < -0.3 is 5.73 Å². The van der Waals surface area contributed by atoms with Gasteiger partial charge in [-0.2, -0.15) is 26.3 Å². The first-order valence-corrected chi connectivity index (χ1v) is 4.50. The highest BCUT2D eigenvalue weighted by Crippen LogP contribution is 2.33. The van der Waals surface area contributed by atoms with Crippen molar-refractivity contribution in [1.82, 2.24) is 4.98 Å². The molecule has 0 spiro atoms. The van der Waals surface area contributed by atoms with Crippen LogP contribution in [-0.2, 0) is 18.8 Å². The first-order valence-electron chi connectivity index (χ1n) is 4.50. The van der Waals surface area contributed by atoms with Crippen LogP contribution in [0.25, 0.3) is 0 Å². The number of nitrogens with two attached hydrogens (primary N) is 1. The number of alkyl halides is 6. The molecule has 2 nitrogen and oxygen atoms in total. The molecule has 0 saturated heterocycles. The minimum absolute atomic E-state index is 0.0430. The average Bonchev–Trinajstić information content (AvgIpc) is 2.15. The SMILES string of the molecule is NCCc1cc(C(F)(F)F)nc(C(F)(F)F)c1. The second kappa shape index (κ2) is 4.52. The fourth-order valence-corrected chi connectivity index (χ4v) is 1.19. The highest BCUT2D eigenvalue weighted by molar-refractivity contribution is 5.25. The van der Waals surface area contributed by atoms with Gasteiger partial charge in [0.2, 0.25) is 0 Å². The van der Waals surface area contributed by atoms with Crippen LogP contribution in [0.1, 0.15) is 17.0 Å². The van der Waals surface area contributed by atoms with Crippen LogP contribution in [0.15, 0.2) is 12.1 Å². The number of pyridine rings is 1. The predicted molar refractivity (Wildman–Crippen MR) is 47.0 cm³/mol. The number of hydrogen-bond donors (Lipinski definition) is 1. The summed E-state index contributed by atoms with van der Waals surface area (Å²) in [7, 11) is 0. The van der Waals surface area contributed by atoms with Crippen molar-refractivity contribution in [3.63, 3.8) is 0 Å². The quantitative estimate of drug-likeness (QED) is 0.828. The maximum Gasteiger partial charge on any atom is 0.433 e. The van der Waals surface area contributed by atoms with Gasteiger partial charge in [0.25, 0.3) is 0 Å². The van der Waals surface area contributed by atoms with Crippen molar-refractivity contribution in [2.24, 2.45) is 5.73 Å². The molecular weight excluding hydrogens is 250 g/mol. The first-order chi connectivity index (χ1) is 7.64. The number of hydrogen-bond acceptors (Lipinski definition) is 2. The zero-order chi connectivity index (χ0) is 13.3. The van der Waals surface area contributed by atoms with E-state index >= 15 is 0 Å². The summed E-state index contributed by atoms with van der Waals surface area (Å²) in [5, 5.41) is 0. The van der Waals surface area contributed by atoms with Crippen molar-refractivity contribution < 1.29 is 26.3 Å². The van der Waals surface area contributed by atoms with Gasteiger partial charge in [-0.25, -0.2) is 4.98 Å². The van der Waals surface area contributed by atoms with Crippen molar-refractivity contribution in [3.05, 3.63) is 29.1 Å². The number of rotatable bonds is 2. The molecular formula is C9H8F6N2. The lowest BCUT2D eigenvalue weighted by molar-refractivity contribution is -0.150. The van der Waals surface area contributed by atoms with Crippen molar-refractivity contribution in [2.75, 3.05) is 6.54 Å². The number of halogens is 6. The van der Waals surface area contributed by atoms with Gasteiger partial charge in [-0.3, -0.25) is 0 Å². The Morgan fingerprint density at radius 3 is 1.65 bits per heavy atom. The van der Waals surface area contributed by atoms with E-state index in [1.807, 2.05) is 0 Å².